The minimum absolute atomic E-state index is 0.0120. The van der Waals surface area contributed by atoms with Crippen LogP contribution in [0.25, 0.3) is 0 Å². The van der Waals surface area contributed by atoms with Gasteiger partial charge in [-0.3, -0.25) is 0 Å². The van der Waals surface area contributed by atoms with Gasteiger partial charge in [0.1, 0.15) is 0 Å². The molecule has 1 aromatic carbocycles. The SMILES string of the molecule is C[C@H](N)c1ccc(N(C)CC(C)(C)O)cc1Br. The third kappa shape index (κ3) is 4.30. The number of nitrogens with two attached hydrogens (primary N) is 1. The second-order valence-corrected chi connectivity index (χ2v) is 6.02. The molecule has 0 aliphatic rings. The van der Waals surface area contributed by atoms with Crippen molar-refractivity contribution in [1.29, 1.82) is 0 Å². The van der Waals surface area contributed by atoms with Crippen LogP contribution in [0.4, 0.5) is 5.69 Å². The van der Waals surface area contributed by atoms with Crippen molar-refractivity contribution in [2.24, 2.45) is 5.73 Å². The summed E-state index contributed by atoms with van der Waals surface area (Å²) in [6.45, 7) is 6.14. The number of halogens is 1. The lowest BCUT2D eigenvalue weighted by atomic mass is 10.1. The average Bonchev–Trinajstić information content (AvgIpc) is 2.14. The molecule has 0 unspecified atom stereocenters. The maximum Gasteiger partial charge on any atom is 0.0765 e. The molecular formula is C13H21BrN2O. The maximum absolute atomic E-state index is 9.79. The Balaban J connectivity index is 2.90. The van der Waals surface area contributed by atoms with Gasteiger partial charge in [-0.05, 0) is 38.5 Å². The number of nitrogens with zero attached hydrogens (tertiary/aromatic N) is 1. The maximum atomic E-state index is 9.79. The summed E-state index contributed by atoms with van der Waals surface area (Å²) < 4.78 is 1.01. The molecule has 3 N–H and O–H groups in total. The van der Waals surface area contributed by atoms with E-state index >= 15 is 0 Å². The van der Waals surface area contributed by atoms with Gasteiger partial charge in [-0.15, -0.1) is 0 Å². The van der Waals surface area contributed by atoms with Crippen LogP contribution in [0.3, 0.4) is 0 Å². The third-order valence-corrected chi connectivity index (χ3v) is 3.23. The van der Waals surface area contributed by atoms with Gasteiger partial charge < -0.3 is 15.7 Å². The molecule has 1 aromatic rings. The predicted octanol–water partition coefficient (Wildman–Crippen LogP) is 2.68. The summed E-state index contributed by atoms with van der Waals surface area (Å²) in [7, 11) is 1.96. The van der Waals surface area contributed by atoms with Crippen molar-refractivity contribution >= 4 is 21.6 Å². The van der Waals surface area contributed by atoms with Crippen LogP contribution in [-0.4, -0.2) is 24.3 Å². The Morgan fingerprint density at radius 3 is 2.47 bits per heavy atom. The van der Waals surface area contributed by atoms with Gasteiger partial charge in [0.15, 0.2) is 0 Å². The fourth-order valence-electron chi connectivity index (χ4n) is 1.79. The second kappa shape index (κ2) is 5.38. The van der Waals surface area contributed by atoms with Crippen LogP contribution in [0.15, 0.2) is 22.7 Å². The lowest BCUT2D eigenvalue weighted by molar-refractivity contribution is 0.0886. The zero-order chi connectivity index (χ0) is 13.2. The van der Waals surface area contributed by atoms with E-state index in [0.29, 0.717) is 6.54 Å². The van der Waals surface area contributed by atoms with E-state index in [1.54, 1.807) is 13.8 Å². The number of benzene rings is 1. The summed E-state index contributed by atoms with van der Waals surface area (Å²) in [6, 6.07) is 6.09. The summed E-state index contributed by atoms with van der Waals surface area (Å²) >= 11 is 3.53. The van der Waals surface area contributed by atoms with Crippen LogP contribution >= 0.6 is 15.9 Å². The topological polar surface area (TPSA) is 49.5 Å². The first-order valence-electron chi connectivity index (χ1n) is 5.69. The van der Waals surface area contributed by atoms with Crippen molar-refractivity contribution in [2.45, 2.75) is 32.4 Å². The van der Waals surface area contributed by atoms with Crippen molar-refractivity contribution in [3.8, 4) is 0 Å². The van der Waals surface area contributed by atoms with Gasteiger partial charge >= 0.3 is 0 Å². The number of hydrogen-bond acceptors (Lipinski definition) is 3. The zero-order valence-corrected chi connectivity index (χ0v) is 12.5. The van der Waals surface area contributed by atoms with E-state index in [1.165, 1.54) is 0 Å². The van der Waals surface area contributed by atoms with Crippen molar-refractivity contribution in [3.63, 3.8) is 0 Å². The standard InChI is InChI=1S/C13H21BrN2O/c1-9(15)11-6-5-10(7-12(11)14)16(4)8-13(2,3)17/h5-7,9,17H,8,15H2,1-4H3/t9-/m0/s1. The van der Waals surface area contributed by atoms with E-state index in [1.807, 2.05) is 37.1 Å². The highest BCUT2D eigenvalue weighted by molar-refractivity contribution is 9.10. The van der Waals surface area contributed by atoms with Gasteiger partial charge in [-0.1, -0.05) is 22.0 Å². The molecule has 96 valence electrons. The van der Waals surface area contributed by atoms with Gasteiger partial charge in [0, 0.05) is 29.8 Å². The predicted molar refractivity (Wildman–Crippen MR) is 76.3 cm³/mol. The van der Waals surface area contributed by atoms with E-state index < -0.39 is 5.60 Å². The van der Waals surface area contributed by atoms with E-state index in [-0.39, 0.29) is 6.04 Å². The minimum atomic E-state index is -0.707. The number of anilines is 1. The van der Waals surface area contributed by atoms with E-state index in [9.17, 15) is 5.11 Å². The van der Waals surface area contributed by atoms with Gasteiger partial charge in [-0.2, -0.15) is 0 Å². The van der Waals surface area contributed by atoms with Crippen molar-refractivity contribution in [2.75, 3.05) is 18.5 Å². The molecule has 17 heavy (non-hydrogen) atoms. The molecule has 0 spiro atoms. The summed E-state index contributed by atoms with van der Waals surface area (Å²) in [5, 5.41) is 9.79. The van der Waals surface area contributed by atoms with Gasteiger partial charge in [0.25, 0.3) is 0 Å². The lowest BCUT2D eigenvalue weighted by Gasteiger charge is -2.27. The van der Waals surface area contributed by atoms with Crippen molar-refractivity contribution in [3.05, 3.63) is 28.2 Å². The van der Waals surface area contributed by atoms with E-state index in [2.05, 4.69) is 15.9 Å². The molecular weight excluding hydrogens is 280 g/mol. The highest BCUT2D eigenvalue weighted by atomic mass is 79.9. The Morgan fingerprint density at radius 1 is 1.47 bits per heavy atom. The molecule has 1 rings (SSSR count). The molecule has 3 nitrogen and oxygen atoms in total. The summed E-state index contributed by atoms with van der Waals surface area (Å²) in [5.74, 6) is 0. The van der Waals surface area contributed by atoms with Crippen LogP contribution in [0, 0.1) is 0 Å². The second-order valence-electron chi connectivity index (χ2n) is 5.16. The van der Waals surface area contributed by atoms with Crippen LogP contribution in [-0.2, 0) is 0 Å². The normalized spacial score (nSPS) is 13.6. The molecule has 0 fully saturated rings. The smallest absolute Gasteiger partial charge is 0.0765 e. The molecule has 0 aliphatic heterocycles. The van der Waals surface area contributed by atoms with Gasteiger partial charge in [0.2, 0.25) is 0 Å². The summed E-state index contributed by atoms with van der Waals surface area (Å²) in [4.78, 5) is 2.02. The number of hydrogen-bond donors (Lipinski definition) is 2. The molecule has 0 radical (unpaired) electrons. The van der Waals surface area contributed by atoms with Crippen LogP contribution in [0.1, 0.15) is 32.4 Å². The fraction of sp³-hybridized carbons (Fsp3) is 0.538. The minimum Gasteiger partial charge on any atom is -0.389 e. The highest BCUT2D eigenvalue weighted by Gasteiger charge is 2.16. The molecule has 0 saturated heterocycles. The monoisotopic (exact) mass is 300 g/mol. The number of rotatable bonds is 4. The van der Waals surface area contributed by atoms with Crippen molar-refractivity contribution < 1.29 is 5.11 Å². The molecule has 0 amide bonds. The Labute approximate surface area is 112 Å². The Morgan fingerprint density at radius 2 is 2.06 bits per heavy atom. The summed E-state index contributed by atoms with van der Waals surface area (Å²) in [6.07, 6.45) is 0. The zero-order valence-electron chi connectivity index (χ0n) is 10.9. The average molecular weight is 301 g/mol. The van der Waals surface area contributed by atoms with Crippen LogP contribution in [0.5, 0.6) is 0 Å². The first-order valence-corrected chi connectivity index (χ1v) is 6.48. The molecule has 0 bridgehead atoms. The first kappa shape index (κ1) is 14.5. The lowest BCUT2D eigenvalue weighted by Crippen LogP contribution is -2.36. The van der Waals surface area contributed by atoms with Crippen LogP contribution in [0.2, 0.25) is 0 Å². The fourth-order valence-corrected chi connectivity index (χ4v) is 2.52. The quantitative estimate of drug-likeness (QED) is 0.899. The van der Waals surface area contributed by atoms with E-state index in [4.69, 9.17) is 5.73 Å². The largest absolute Gasteiger partial charge is 0.389 e. The first-order chi connectivity index (χ1) is 7.70. The Bertz CT molecular complexity index is 385. The van der Waals surface area contributed by atoms with Crippen molar-refractivity contribution in [1.82, 2.24) is 0 Å². The molecule has 0 aromatic heterocycles. The van der Waals surface area contributed by atoms with Crippen LogP contribution < -0.4 is 10.6 Å². The molecule has 0 aliphatic carbocycles. The van der Waals surface area contributed by atoms with Gasteiger partial charge in [0.05, 0.1) is 5.60 Å². The Kier molecular flexibility index (Phi) is 4.58. The molecule has 4 heteroatoms. The number of likely N-dealkylation sites (N-methyl/N-ethyl adjacent to an activating group) is 1. The van der Waals surface area contributed by atoms with E-state index in [0.717, 1.165) is 15.7 Å². The molecule has 0 saturated carbocycles. The molecule has 1 atom stereocenters. The third-order valence-electron chi connectivity index (χ3n) is 2.54. The number of aliphatic hydroxyl groups is 1. The van der Waals surface area contributed by atoms with Gasteiger partial charge in [-0.25, -0.2) is 0 Å². The Hall–Kier alpha value is -0.580. The summed E-state index contributed by atoms with van der Waals surface area (Å²) in [5.41, 5.74) is 7.30. The molecule has 0 heterocycles. The highest BCUT2D eigenvalue weighted by Crippen LogP contribution is 2.27.